The molecule has 0 aromatic heterocycles. The van der Waals surface area contributed by atoms with Gasteiger partial charge in [0.25, 0.3) is 0 Å². The maximum atomic E-state index is 12.3. The Balaban J connectivity index is 1.15. The first-order valence-electron chi connectivity index (χ1n) is 11.2. The van der Waals surface area contributed by atoms with Crippen LogP contribution in [0, 0.1) is 5.92 Å². The molecule has 2 fully saturated rings. The topological polar surface area (TPSA) is 71.1 Å². The summed E-state index contributed by atoms with van der Waals surface area (Å²) in [6, 6.07) is 13.4. The molecule has 0 bridgehead atoms. The predicted octanol–water partition coefficient (Wildman–Crippen LogP) is 3.52. The molecule has 2 aromatic rings. The summed E-state index contributed by atoms with van der Waals surface area (Å²) in [5.41, 5.74) is 2.73. The summed E-state index contributed by atoms with van der Waals surface area (Å²) < 4.78 is 10.7. The monoisotopic (exact) mass is 433 g/mol. The third-order valence-electron chi connectivity index (χ3n) is 6.06. The van der Waals surface area contributed by atoms with Crippen LogP contribution in [0.4, 0.5) is 11.4 Å². The number of carbonyl (C=O) groups is 2. The molecule has 7 nitrogen and oxygen atoms in total. The number of anilines is 2. The van der Waals surface area contributed by atoms with Gasteiger partial charge in [0.1, 0.15) is 0 Å². The van der Waals surface area contributed by atoms with E-state index < -0.39 is 0 Å². The molecule has 1 saturated heterocycles. The number of rotatable bonds is 5. The normalized spacial score (nSPS) is 18.0. The lowest BCUT2D eigenvalue weighted by atomic mass is 10.2. The van der Waals surface area contributed by atoms with Crippen LogP contribution in [0.3, 0.4) is 0 Å². The van der Waals surface area contributed by atoms with Gasteiger partial charge < -0.3 is 24.6 Å². The number of benzene rings is 2. The lowest BCUT2D eigenvalue weighted by Crippen LogP contribution is -2.36. The van der Waals surface area contributed by atoms with Gasteiger partial charge in [-0.3, -0.25) is 9.59 Å². The molecule has 0 radical (unpaired) electrons. The fourth-order valence-electron chi connectivity index (χ4n) is 4.11. The van der Waals surface area contributed by atoms with Gasteiger partial charge in [0.2, 0.25) is 18.6 Å². The van der Waals surface area contributed by atoms with E-state index in [2.05, 4.69) is 10.2 Å². The van der Waals surface area contributed by atoms with Crippen LogP contribution in [0.2, 0.25) is 0 Å². The highest BCUT2D eigenvalue weighted by molar-refractivity contribution is 6.02. The van der Waals surface area contributed by atoms with Crippen molar-refractivity contribution in [2.75, 3.05) is 43.2 Å². The molecule has 7 heteroatoms. The molecule has 3 aliphatic rings. The molecule has 32 heavy (non-hydrogen) atoms. The minimum Gasteiger partial charge on any atom is -0.454 e. The number of hydrogen-bond acceptors (Lipinski definition) is 5. The molecule has 0 unspecified atom stereocenters. The molecule has 166 valence electrons. The molecule has 2 aliphatic heterocycles. The molecular weight excluding hydrogens is 406 g/mol. The smallest absolute Gasteiger partial charge is 0.248 e. The Morgan fingerprint density at radius 2 is 1.75 bits per heavy atom. The minimum atomic E-state index is -0.195. The second kappa shape index (κ2) is 8.94. The first kappa shape index (κ1) is 20.4. The highest BCUT2D eigenvalue weighted by Crippen LogP contribution is 2.33. The molecule has 2 heterocycles. The number of fused-ring (bicyclic) bond motifs is 1. The van der Waals surface area contributed by atoms with Crippen molar-refractivity contribution in [2.45, 2.75) is 19.3 Å². The fraction of sp³-hybridized carbons (Fsp3) is 0.360. The van der Waals surface area contributed by atoms with Gasteiger partial charge in [0.15, 0.2) is 11.5 Å². The van der Waals surface area contributed by atoms with Crippen molar-refractivity contribution < 1.29 is 19.1 Å². The SMILES string of the molecule is O=C(/C=C/c1ccc2c(c1)OCO2)Nc1ccc(N2CCCN(C(=O)C3CC3)CC2)cc1. The first-order chi connectivity index (χ1) is 15.7. The Bertz CT molecular complexity index is 1030. The third kappa shape index (κ3) is 4.72. The molecule has 1 N–H and O–H groups in total. The summed E-state index contributed by atoms with van der Waals surface area (Å²) in [6.45, 7) is 3.61. The van der Waals surface area contributed by atoms with Crippen LogP contribution in [-0.4, -0.2) is 49.7 Å². The summed E-state index contributed by atoms with van der Waals surface area (Å²) >= 11 is 0. The Kier molecular flexibility index (Phi) is 5.71. The summed E-state index contributed by atoms with van der Waals surface area (Å²) in [6.07, 6.45) is 6.33. The van der Waals surface area contributed by atoms with Crippen molar-refractivity contribution >= 4 is 29.3 Å². The van der Waals surface area contributed by atoms with Gasteiger partial charge in [-0.15, -0.1) is 0 Å². The average Bonchev–Trinajstić information content (AvgIpc) is 3.60. The van der Waals surface area contributed by atoms with Crippen LogP contribution in [0.15, 0.2) is 48.5 Å². The Labute approximate surface area is 187 Å². The van der Waals surface area contributed by atoms with Crippen LogP contribution in [0.25, 0.3) is 6.08 Å². The van der Waals surface area contributed by atoms with Crippen LogP contribution in [-0.2, 0) is 9.59 Å². The van der Waals surface area contributed by atoms with E-state index in [1.807, 2.05) is 47.4 Å². The van der Waals surface area contributed by atoms with Crippen LogP contribution in [0.1, 0.15) is 24.8 Å². The van der Waals surface area contributed by atoms with E-state index in [-0.39, 0.29) is 18.6 Å². The molecule has 2 aromatic carbocycles. The Hall–Kier alpha value is -3.48. The zero-order valence-corrected chi connectivity index (χ0v) is 18.0. The Morgan fingerprint density at radius 3 is 2.56 bits per heavy atom. The first-order valence-corrected chi connectivity index (χ1v) is 11.2. The van der Waals surface area contributed by atoms with E-state index in [1.54, 1.807) is 6.08 Å². The summed E-state index contributed by atoms with van der Waals surface area (Å²) in [7, 11) is 0. The lowest BCUT2D eigenvalue weighted by Gasteiger charge is -2.24. The molecule has 1 saturated carbocycles. The highest BCUT2D eigenvalue weighted by atomic mass is 16.7. The van der Waals surface area contributed by atoms with E-state index in [1.165, 1.54) is 6.08 Å². The van der Waals surface area contributed by atoms with Crippen molar-refractivity contribution in [3.63, 3.8) is 0 Å². The van der Waals surface area contributed by atoms with Crippen LogP contribution >= 0.6 is 0 Å². The number of hydrogen-bond donors (Lipinski definition) is 1. The number of carbonyl (C=O) groups excluding carboxylic acids is 2. The summed E-state index contributed by atoms with van der Waals surface area (Å²) in [4.78, 5) is 29.0. The van der Waals surface area contributed by atoms with Crippen molar-refractivity contribution in [3.05, 3.63) is 54.1 Å². The van der Waals surface area contributed by atoms with Gasteiger partial charge in [-0.25, -0.2) is 0 Å². The molecule has 0 spiro atoms. The van der Waals surface area contributed by atoms with E-state index in [9.17, 15) is 9.59 Å². The molecular formula is C25H27N3O4. The zero-order chi connectivity index (χ0) is 21.9. The van der Waals surface area contributed by atoms with E-state index in [0.717, 1.165) is 68.1 Å². The largest absolute Gasteiger partial charge is 0.454 e. The van der Waals surface area contributed by atoms with Crippen LogP contribution in [0.5, 0.6) is 11.5 Å². The predicted molar refractivity (Wildman–Crippen MR) is 123 cm³/mol. The van der Waals surface area contributed by atoms with E-state index in [0.29, 0.717) is 11.7 Å². The maximum absolute atomic E-state index is 12.3. The minimum absolute atomic E-state index is 0.195. The maximum Gasteiger partial charge on any atom is 0.248 e. The van der Waals surface area contributed by atoms with Gasteiger partial charge in [-0.05, 0) is 67.3 Å². The third-order valence-corrected chi connectivity index (χ3v) is 6.06. The van der Waals surface area contributed by atoms with E-state index in [4.69, 9.17) is 9.47 Å². The van der Waals surface area contributed by atoms with Crippen LogP contribution < -0.4 is 19.7 Å². The van der Waals surface area contributed by atoms with Gasteiger partial charge in [0, 0.05) is 49.5 Å². The second-order valence-corrected chi connectivity index (χ2v) is 8.42. The van der Waals surface area contributed by atoms with Crippen molar-refractivity contribution in [3.8, 4) is 11.5 Å². The molecule has 2 amide bonds. The summed E-state index contributed by atoms with van der Waals surface area (Å²) in [5.74, 6) is 1.83. The number of nitrogens with zero attached hydrogens (tertiary/aromatic N) is 2. The summed E-state index contributed by atoms with van der Waals surface area (Å²) in [5, 5.41) is 2.90. The van der Waals surface area contributed by atoms with Crippen molar-refractivity contribution in [1.82, 2.24) is 4.90 Å². The van der Waals surface area contributed by atoms with E-state index >= 15 is 0 Å². The number of ether oxygens (including phenoxy) is 2. The zero-order valence-electron chi connectivity index (χ0n) is 18.0. The van der Waals surface area contributed by atoms with Gasteiger partial charge in [-0.1, -0.05) is 6.07 Å². The second-order valence-electron chi connectivity index (χ2n) is 8.42. The average molecular weight is 434 g/mol. The quantitative estimate of drug-likeness (QED) is 0.731. The molecule has 0 atom stereocenters. The molecule has 1 aliphatic carbocycles. The van der Waals surface area contributed by atoms with Gasteiger partial charge in [0.05, 0.1) is 0 Å². The number of nitrogens with one attached hydrogen (secondary N) is 1. The van der Waals surface area contributed by atoms with Gasteiger partial charge >= 0.3 is 0 Å². The standard InChI is InChI=1S/C25H27N3O4/c29-24(11-3-18-2-10-22-23(16-18)32-17-31-22)26-20-6-8-21(9-7-20)27-12-1-13-28(15-14-27)25(30)19-4-5-19/h2-3,6-11,16,19H,1,4-5,12-15,17H2,(H,26,29)/b11-3+. The van der Waals surface area contributed by atoms with Gasteiger partial charge in [-0.2, -0.15) is 0 Å². The van der Waals surface area contributed by atoms with Crippen molar-refractivity contribution in [1.29, 1.82) is 0 Å². The highest BCUT2D eigenvalue weighted by Gasteiger charge is 2.33. The van der Waals surface area contributed by atoms with Crippen molar-refractivity contribution in [2.24, 2.45) is 5.92 Å². The molecule has 5 rings (SSSR count). The lowest BCUT2D eigenvalue weighted by molar-refractivity contribution is -0.132. The number of amides is 2. The Morgan fingerprint density at radius 1 is 0.938 bits per heavy atom. The fourth-order valence-corrected chi connectivity index (χ4v) is 4.11.